The Morgan fingerprint density at radius 2 is 2.39 bits per heavy atom. The number of amidine groups is 1. The van der Waals surface area contributed by atoms with Gasteiger partial charge in [-0.1, -0.05) is 5.16 Å². The Bertz CT molecular complexity index is 414. The molecule has 0 saturated carbocycles. The second kappa shape index (κ2) is 6.32. The van der Waals surface area contributed by atoms with Gasteiger partial charge in [0.25, 0.3) is 0 Å². The zero-order chi connectivity index (χ0) is 12.8. The second-order valence-electron chi connectivity index (χ2n) is 4.28. The predicted molar refractivity (Wildman–Crippen MR) is 67.5 cm³/mol. The molecule has 18 heavy (non-hydrogen) atoms. The van der Waals surface area contributed by atoms with Gasteiger partial charge in [0, 0.05) is 32.4 Å². The number of hydrogen-bond acceptors (Lipinski definition) is 5. The number of aromatic nitrogens is 1. The fourth-order valence-corrected chi connectivity index (χ4v) is 1.98. The number of hydrogen-bond donors (Lipinski definition) is 2. The first kappa shape index (κ1) is 12.8. The summed E-state index contributed by atoms with van der Waals surface area (Å²) < 4.78 is 5.42. The maximum atomic E-state index is 8.63. The van der Waals surface area contributed by atoms with E-state index in [1.165, 1.54) is 0 Å². The van der Waals surface area contributed by atoms with Gasteiger partial charge in [0.2, 0.25) is 0 Å². The van der Waals surface area contributed by atoms with Crippen LogP contribution in [0, 0.1) is 0 Å². The highest BCUT2D eigenvalue weighted by Gasteiger charge is 2.10. The van der Waals surface area contributed by atoms with E-state index in [1.807, 2.05) is 12.1 Å². The van der Waals surface area contributed by atoms with Crippen LogP contribution in [0.3, 0.4) is 0 Å². The van der Waals surface area contributed by atoms with E-state index in [9.17, 15) is 0 Å². The van der Waals surface area contributed by atoms with Gasteiger partial charge < -0.3 is 15.7 Å². The molecule has 1 aliphatic heterocycles. The summed E-state index contributed by atoms with van der Waals surface area (Å²) in [6.45, 7) is 4.40. The summed E-state index contributed by atoms with van der Waals surface area (Å²) in [6.07, 6.45) is 2.73. The Labute approximate surface area is 106 Å². The molecule has 98 valence electrons. The first-order chi connectivity index (χ1) is 8.79. The van der Waals surface area contributed by atoms with Crippen molar-refractivity contribution < 1.29 is 9.94 Å². The first-order valence-corrected chi connectivity index (χ1v) is 6.02. The lowest BCUT2D eigenvalue weighted by Crippen LogP contribution is -2.26. The van der Waals surface area contributed by atoms with Crippen LogP contribution < -0.4 is 5.73 Å². The van der Waals surface area contributed by atoms with Crippen LogP contribution in [0.1, 0.15) is 17.7 Å². The third-order valence-corrected chi connectivity index (χ3v) is 2.92. The van der Waals surface area contributed by atoms with Crippen LogP contribution in [-0.2, 0) is 11.3 Å². The molecule has 0 bridgehead atoms. The summed E-state index contributed by atoms with van der Waals surface area (Å²) in [6, 6.07) is 3.79. The van der Waals surface area contributed by atoms with Gasteiger partial charge >= 0.3 is 0 Å². The lowest BCUT2D eigenvalue weighted by Gasteiger charge is -2.19. The Morgan fingerprint density at radius 1 is 1.50 bits per heavy atom. The SMILES string of the molecule is NC(=NO)c1cc(CN2CCCOCC2)ccn1. The van der Waals surface area contributed by atoms with Crippen molar-refractivity contribution in [3.8, 4) is 0 Å². The molecule has 1 aromatic rings. The number of oxime groups is 1. The van der Waals surface area contributed by atoms with Gasteiger partial charge in [0.05, 0.1) is 6.61 Å². The number of nitrogens with two attached hydrogens (primary N) is 1. The fraction of sp³-hybridized carbons (Fsp3) is 0.500. The molecule has 1 fully saturated rings. The van der Waals surface area contributed by atoms with Crippen molar-refractivity contribution in [3.05, 3.63) is 29.6 Å². The highest BCUT2D eigenvalue weighted by Crippen LogP contribution is 2.08. The standard InChI is InChI=1S/C12H18N4O2/c13-12(15-17)11-8-10(2-3-14-11)9-16-4-1-6-18-7-5-16/h2-3,8,17H,1,4-7,9H2,(H2,13,15). The minimum absolute atomic E-state index is 0.0380. The lowest BCUT2D eigenvalue weighted by molar-refractivity contribution is 0.140. The van der Waals surface area contributed by atoms with Gasteiger partial charge in [-0.3, -0.25) is 9.88 Å². The van der Waals surface area contributed by atoms with Gasteiger partial charge in [0.1, 0.15) is 5.69 Å². The average Bonchev–Trinajstić information content (AvgIpc) is 2.67. The molecule has 3 N–H and O–H groups in total. The number of ether oxygens (including phenoxy) is 1. The highest BCUT2D eigenvalue weighted by molar-refractivity contribution is 5.95. The third kappa shape index (κ3) is 3.41. The summed E-state index contributed by atoms with van der Waals surface area (Å²) >= 11 is 0. The van der Waals surface area contributed by atoms with Crippen LogP contribution in [0.5, 0.6) is 0 Å². The van der Waals surface area contributed by atoms with Crippen molar-refractivity contribution in [1.29, 1.82) is 0 Å². The molecule has 6 heteroatoms. The molecule has 1 aromatic heterocycles. The smallest absolute Gasteiger partial charge is 0.188 e. The molecule has 2 rings (SSSR count). The molecule has 0 unspecified atom stereocenters. The number of rotatable bonds is 3. The van der Waals surface area contributed by atoms with Gasteiger partial charge in [-0.05, 0) is 24.1 Å². The maximum absolute atomic E-state index is 8.63. The van der Waals surface area contributed by atoms with Crippen LogP contribution in [0.4, 0.5) is 0 Å². The predicted octanol–water partition coefficient (Wildman–Crippen LogP) is 0.398. The van der Waals surface area contributed by atoms with Crippen molar-refractivity contribution in [2.24, 2.45) is 10.9 Å². The van der Waals surface area contributed by atoms with E-state index in [1.54, 1.807) is 6.20 Å². The lowest BCUT2D eigenvalue weighted by atomic mass is 10.2. The van der Waals surface area contributed by atoms with Crippen molar-refractivity contribution in [3.63, 3.8) is 0 Å². The molecule has 0 spiro atoms. The van der Waals surface area contributed by atoms with Crippen molar-refractivity contribution in [2.75, 3.05) is 26.3 Å². The van der Waals surface area contributed by atoms with Crippen LogP contribution >= 0.6 is 0 Å². The molecule has 6 nitrogen and oxygen atoms in total. The number of nitrogens with zero attached hydrogens (tertiary/aromatic N) is 3. The summed E-state index contributed by atoms with van der Waals surface area (Å²) in [4.78, 5) is 6.39. The zero-order valence-corrected chi connectivity index (χ0v) is 10.2. The highest BCUT2D eigenvalue weighted by atomic mass is 16.5. The van der Waals surface area contributed by atoms with Crippen molar-refractivity contribution >= 4 is 5.84 Å². The second-order valence-corrected chi connectivity index (χ2v) is 4.28. The van der Waals surface area contributed by atoms with Gasteiger partial charge in [0.15, 0.2) is 5.84 Å². The average molecular weight is 250 g/mol. The minimum atomic E-state index is 0.0380. The van der Waals surface area contributed by atoms with E-state index in [0.29, 0.717) is 5.69 Å². The molecular formula is C12H18N4O2. The molecule has 0 atom stereocenters. The Balaban J connectivity index is 2.04. The van der Waals surface area contributed by atoms with E-state index in [4.69, 9.17) is 15.7 Å². The molecule has 0 amide bonds. The van der Waals surface area contributed by atoms with E-state index in [0.717, 1.165) is 44.8 Å². The van der Waals surface area contributed by atoms with Crippen molar-refractivity contribution in [2.45, 2.75) is 13.0 Å². The van der Waals surface area contributed by atoms with E-state index >= 15 is 0 Å². The summed E-state index contributed by atoms with van der Waals surface area (Å²) in [5.41, 5.74) is 7.13. The molecule has 0 radical (unpaired) electrons. The Morgan fingerprint density at radius 3 is 3.22 bits per heavy atom. The summed E-state index contributed by atoms with van der Waals surface area (Å²) in [5, 5.41) is 11.6. The summed E-state index contributed by atoms with van der Waals surface area (Å²) in [5.74, 6) is 0.0380. The molecule has 0 aromatic carbocycles. The molecular weight excluding hydrogens is 232 g/mol. The minimum Gasteiger partial charge on any atom is -0.409 e. The maximum Gasteiger partial charge on any atom is 0.188 e. The fourth-order valence-electron chi connectivity index (χ4n) is 1.98. The normalized spacial score (nSPS) is 18.6. The van der Waals surface area contributed by atoms with Crippen LogP contribution in [-0.4, -0.2) is 47.2 Å². The molecule has 1 saturated heterocycles. The van der Waals surface area contributed by atoms with E-state index in [-0.39, 0.29) is 5.84 Å². The van der Waals surface area contributed by atoms with E-state index < -0.39 is 0 Å². The number of pyridine rings is 1. The Kier molecular flexibility index (Phi) is 4.49. The largest absolute Gasteiger partial charge is 0.409 e. The third-order valence-electron chi connectivity index (χ3n) is 2.92. The zero-order valence-electron chi connectivity index (χ0n) is 10.2. The molecule has 1 aliphatic rings. The van der Waals surface area contributed by atoms with Gasteiger partial charge in [-0.15, -0.1) is 0 Å². The van der Waals surface area contributed by atoms with Crippen LogP contribution in [0.25, 0.3) is 0 Å². The molecule has 2 heterocycles. The molecule has 0 aliphatic carbocycles. The summed E-state index contributed by atoms with van der Waals surface area (Å²) in [7, 11) is 0. The van der Waals surface area contributed by atoms with Crippen molar-refractivity contribution in [1.82, 2.24) is 9.88 Å². The van der Waals surface area contributed by atoms with Gasteiger partial charge in [-0.2, -0.15) is 0 Å². The van der Waals surface area contributed by atoms with E-state index in [2.05, 4.69) is 15.0 Å². The monoisotopic (exact) mass is 250 g/mol. The van der Waals surface area contributed by atoms with Crippen LogP contribution in [0.15, 0.2) is 23.5 Å². The van der Waals surface area contributed by atoms with Crippen LogP contribution in [0.2, 0.25) is 0 Å². The quantitative estimate of drug-likeness (QED) is 0.351. The Hall–Kier alpha value is -1.66. The first-order valence-electron chi connectivity index (χ1n) is 6.02. The van der Waals surface area contributed by atoms with Gasteiger partial charge in [-0.25, -0.2) is 0 Å². The topological polar surface area (TPSA) is 84.0 Å².